The van der Waals surface area contributed by atoms with Crippen LogP contribution < -0.4 is 10.2 Å². The van der Waals surface area contributed by atoms with Crippen molar-refractivity contribution in [3.63, 3.8) is 0 Å². The SMILES string of the molecule is CNCC1(C)CCN(c2cnc3c(-c4ccccc4Cl)n[nH]c3n2)CC1. The van der Waals surface area contributed by atoms with Crippen LogP contribution in [-0.4, -0.2) is 46.8 Å². The molecule has 1 saturated heterocycles. The number of nitrogens with one attached hydrogen (secondary N) is 2. The molecule has 0 spiro atoms. The second kappa shape index (κ2) is 6.85. The van der Waals surface area contributed by atoms with Crippen molar-refractivity contribution in [1.29, 1.82) is 0 Å². The molecule has 26 heavy (non-hydrogen) atoms. The van der Waals surface area contributed by atoms with E-state index in [1.165, 1.54) is 0 Å². The molecule has 3 aromatic rings. The number of halogens is 1. The number of hydrogen-bond donors (Lipinski definition) is 2. The summed E-state index contributed by atoms with van der Waals surface area (Å²) in [6.07, 6.45) is 4.13. The molecule has 0 radical (unpaired) electrons. The number of anilines is 1. The predicted molar refractivity (Wildman–Crippen MR) is 106 cm³/mol. The van der Waals surface area contributed by atoms with Gasteiger partial charge in [-0.15, -0.1) is 0 Å². The van der Waals surface area contributed by atoms with Crippen LogP contribution in [0, 0.1) is 5.41 Å². The molecular weight excluding hydrogens is 348 g/mol. The first kappa shape index (κ1) is 17.2. The van der Waals surface area contributed by atoms with Gasteiger partial charge in [0.05, 0.1) is 11.2 Å². The van der Waals surface area contributed by atoms with Gasteiger partial charge < -0.3 is 10.2 Å². The molecule has 1 aliphatic heterocycles. The van der Waals surface area contributed by atoms with E-state index in [0.29, 0.717) is 16.1 Å². The molecule has 0 saturated carbocycles. The molecule has 136 valence electrons. The number of H-pyrrole nitrogens is 1. The first-order valence-electron chi connectivity index (χ1n) is 8.95. The van der Waals surface area contributed by atoms with Crippen LogP contribution in [0.15, 0.2) is 30.5 Å². The highest BCUT2D eigenvalue weighted by molar-refractivity contribution is 6.33. The van der Waals surface area contributed by atoms with E-state index in [0.717, 1.165) is 55.1 Å². The molecular formula is C19H23ClN6. The second-order valence-electron chi connectivity index (χ2n) is 7.31. The van der Waals surface area contributed by atoms with Crippen LogP contribution in [-0.2, 0) is 0 Å². The second-order valence-corrected chi connectivity index (χ2v) is 7.71. The normalized spacial score (nSPS) is 17.0. The third kappa shape index (κ3) is 3.15. The summed E-state index contributed by atoms with van der Waals surface area (Å²) in [5.41, 5.74) is 3.40. The summed E-state index contributed by atoms with van der Waals surface area (Å²) in [4.78, 5) is 11.7. The Hall–Kier alpha value is -2.18. The Morgan fingerprint density at radius 1 is 1.27 bits per heavy atom. The number of nitrogens with zero attached hydrogens (tertiary/aromatic N) is 4. The average molecular weight is 371 g/mol. The van der Waals surface area contributed by atoms with Crippen molar-refractivity contribution in [2.24, 2.45) is 5.41 Å². The third-order valence-electron chi connectivity index (χ3n) is 5.28. The highest BCUT2D eigenvalue weighted by Crippen LogP contribution is 2.33. The first-order chi connectivity index (χ1) is 12.6. The van der Waals surface area contributed by atoms with Crippen molar-refractivity contribution < 1.29 is 0 Å². The number of hydrogen-bond acceptors (Lipinski definition) is 5. The maximum atomic E-state index is 6.31. The van der Waals surface area contributed by atoms with E-state index < -0.39 is 0 Å². The molecule has 1 fully saturated rings. The monoisotopic (exact) mass is 370 g/mol. The Bertz CT molecular complexity index is 913. The number of aromatic nitrogens is 4. The van der Waals surface area contributed by atoms with Gasteiger partial charge in [-0.3, -0.25) is 5.10 Å². The van der Waals surface area contributed by atoms with E-state index in [-0.39, 0.29) is 0 Å². The highest BCUT2D eigenvalue weighted by atomic mass is 35.5. The molecule has 6 nitrogen and oxygen atoms in total. The van der Waals surface area contributed by atoms with Gasteiger partial charge in [0.15, 0.2) is 5.65 Å². The molecule has 2 aromatic heterocycles. The minimum absolute atomic E-state index is 0.355. The van der Waals surface area contributed by atoms with Crippen LogP contribution in [0.1, 0.15) is 19.8 Å². The van der Waals surface area contributed by atoms with Crippen molar-refractivity contribution in [1.82, 2.24) is 25.5 Å². The minimum atomic E-state index is 0.355. The van der Waals surface area contributed by atoms with Crippen molar-refractivity contribution in [2.45, 2.75) is 19.8 Å². The van der Waals surface area contributed by atoms with Gasteiger partial charge in [0, 0.05) is 25.2 Å². The smallest absolute Gasteiger partial charge is 0.177 e. The molecule has 0 bridgehead atoms. The Labute approximate surface area is 158 Å². The Morgan fingerprint density at radius 3 is 2.77 bits per heavy atom. The topological polar surface area (TPSA) is 69.7 Å². The largest absolute Gasteiger partial charge is 0.355 e. The van der Waals surface area contributed by atoms with Gasteiger partial charge in [0.1, 0.15) is 17.0 Å². The summed E-state index contributed by atoms with van der Waals surface area (Å²) in [7, 11) is 2.02. The number of aromatic amines is 1. The Kier molecular flexibility index (Phi) is 4.54. The minimum Gasteiger partial charge on any atom is -0.355 e. The zero-order valence-electron chi connectivity index (χ0n) is 15.1. The van der Waals surface area contributed by atoms with Crippen molar-refractivity contribution >= 4 is 28.6 Å². The lowest BCUT2D eigenvalue weighted by molar-refractivity contribution is 0.242. The lowest BCUT2D eigenvalue weighted by atomic mass is 9.80. The van der Waals surface area contributed by atoms with Gasteiger partial charge in [-0.2, -0.15) is 5.10 Å². The highest BCUT2D eigenvalue weighted by Gasteiger charge is 2.30. The summed E-state index contributed by atoms with van der Waals surface area (Å²) in [5, 5.41) is 11.4. The van der Waals surface area contributed by atoms with E-state index in [1.54, 1.807) is 0 Å². The van der Waals surface area contributed by atoms with E-state index in [9.17, 15) is 0 Å². The molecule has 2 N–H and O–H groups in total. The summed E-state index contributed by atoms with van der Waals surface area (Å²) in [6.45, 7) is 5.38. The summed E-state index contributed by atoms with van der Waals surface area (Å²) in [6, 6.07) is 7.65. The van der Waals surface area contributed by atoms with Crippen LogP contribution in [0.2, 0.25) is 5.02 Å². The molecule has 0 aliphatic carbocycles. The molecule has 3 heterocycles. The molecule has 0 unspecified atom stereocenters. The fraction of sp³-hybridized carbons (Fsp3) is 0.421. The third-order valence-corrected chi connectivity index (χ3v) is 5.61. The van der Waals surface area contributed by atoms with Crippen LogP contribution in [0.3, 0.4) is 0 Å². The maximum Gasteiger partial charge on any atom is 0.177 e. The number of rotatable bonds is 4. The van der Waals surface area contributed by atoms with Crippen LogP contribution in [0.4, 0.5) is 5.82 Å². The standard InChI is InChI=1S/C19H23ClN6/c1-19(12-21-2)7-9-26(10-8-19)15-11-22-17-16(24-25-18(17)23-15)13-5-3-4-6-14(13)20/h3-6,11,21H,7-10,12H2,1-2H3,(H,23,24,25). The van der Waals surface area contributed by atoms with Crippen LogP contribution in [0.5, 0.6) is 0 Å². The Morgan fingerprint density at radius 2 is 2.04 bits per heavy atom. The van der Waals surface area contributed by atoms with Gasteiger partial charge in [0.25, 0.3) is 0 Å². The van der Waals surface area contributed by atoms with E-state index >= 15 is 0 Å². The van der Waals surface area contributed by atoms with Crippen molar-refractivity contribution in [2.75, 3.05) is 31.6 Å². The van der Waals surface area contributed by atoms with Gasteiger partial charge in [-0.05, 0) is 31.4 Å². The predicted octanol–water partition coefficient (Wildman–Crippen LogP) is 3.50. The number of fused-ring (bicyclic) bond motifs is 1. The van der Waals surface area contributed by atoms with E-state index in [1.807, 2.05) is 37.5 Å². The number of piperidine rings is 1. The fourth-order valence-electron chi connectivity index (χ4n) is 3.67. The zero-order valence-corrected chi connectivity index (χ0v) is 15.8. The lowest BCUT2D eigenvalue weighted by Gasteiger charge is -2.39. The fourth-order valence-corrected chi connectivity index (χ4v) is 3.89. The summed E-state index contributed by atoms with van der Waals surface area (Å²) >= 11 is 6.31. The molecule has 1 aromatic carbocycles. The van der Waals surface area contributed by atoms with Gasteiger partial charge in [0.2, 0.25) is 0 Å². The lowest BCUT2D eigenvalue weighted by Crippen LogP contribution is -2.43. The zero-order chi connectivity index (χ0) is 18.1. The molecule has 0 atom stereocenters. The molecule has 1 aliphatic rings. The summed E-state index contributed by atoms with van der Waals surface area (Å²) < 4.78 is 0. The summed E-state index contributed by atoms with van der Waals surface area (Å²) in [5.74, 6) is 0.901. The first-order valence-corrected chi connectivity index (χ1v) is 9.33. The molecule has 4 rings (SSSR count). The molecule has 7 heteroatoms. The quantitative estimate of drug-likeness (QED) is 0.735. The maximum absolute atomic E-state index is 6.31. The van der Waals surface area contributed by atoms with Gasteiger partial charge >= 0.3 is 0 Å². The molecule has 0 amide bonds. The van der Waals surface area contributed by atoms with Crippen molar-refractivity contribution in [3.8, 4) is 11.3 Å². The van der Waals surface area contributed by atoms with E-state index in [2.05, 4.69) is 32.3 Å². The van der Waals surface area contributed by atoms with Crippen LogP contribution in [0.25, 0.3) is 22.4 Å². The Balaban J connectivity index is 1.59. The van der Waals surface area contributed by atoms with E-state index in [4.69, 9.17) is 16.6 Å². The van der Waals surface area contributed by atoms with Crippen molar-refractivity contribution in [3.05, 3.63) is 35.5 Å². The van der Waals surface area contributed by atoms with Gasteiger partial charge in [-0.1, -0.05) is 36.7 Å². The average Bonchev–Trinajstić information content (AvgIpc) is 3.06. The number of benzene rings is 1. The van der Waals surface area contributed by atoms with Crippen LogP contribution >= 0.6 is 11.6 Å². The van der Waals surface area contributed by atoms with Gasteiger partial charge in [-0.25, -0.2) is 9.97 Å².